The predicted molar refractivity (Wildman–Crippen MR) is 251 cm³/mol. The van der Waals surface area contributed by atoms with Gasteiger partial charge in [-0.25, -0.2) is 0 Å². The van der Waals surface area contributed by atoms with E-state index in [2.05, 4.69) is 84.4 Å². The number of alkyl halides is 24. The molecule has 1 heterocycles. The number of halogens is 24. The summed E-state index contributed by atoms with van der Waals surface area (Å²) in [5.41, 5.74) is -27.7. The maximum Gasteiger partial charge on any atom is 0.416 e. The van der Waals surface area contributed by atoms with Crippen LogP contribution in [0.25, 0.3) is 10.8 Å². The van der Waals surface area contributed by atoms with E-state index in [0.717, 1.165) is 23.6 Å². The topological polar surface area (TPSA) is 13.1 Å². The van der Waals surface area contributed by atoms with Crippen LogP contribution in [0.3, 0.4) is 0 Å². The van der Waals surface area contributed by atoms with Crippen LogP contribution in [0.1, 0.15) is 55.6 Å². The molecule has 0 aliphatic heterocycles. The molecule has 0 bridgehead atoms. The molecule has 7 aromatic carbocycles. The van der Waals surface area contributed by atoms with Gasteiger partial charge >= 0.3 is 55.3 Å². The van der Waals surface area contributed by atoms with Gasteiger partial charge in [0, 0.05) is 11.6 Å². The number of pyridine rings is 1. The fraction of sp³-hybridized carbons (Fsp3) is 0.182. The van der Waals surface area contributed by atoms with Gasteiger partial charge in [-0.1, -0.05) is 115 Å². The Morgan fingerprint density at radius 1 is 0.341 bits per heavy atom. The molecule has 1 aromatic heterocycles. The van der Waals surface area contributed by atoms with E-state index in [1.165, 1.54) is 16.5 Å². The zero-order valence-electron chi connectivity index (χ0n) is 40.8. The Kier molecular flexibility index (Phi) is 16.4. The quantitative estimate of drug-likeness (QED) is 0.0840. The average molecular weight is 1190 g/mol. The lowest BCUT2D eigenvalue weighted by Crippen LogP contribution is -2.75. The Bertz CT molecular complexity index is 3150. The minimum absolute atomic E-state index is 0.691. The normalized spacial score (nSPS) is 13.2. The fourth-order valence-corrected chi connectivity index (χ4v) is 9.04. The Labute approximate surface area is 446 Å². The first-order valence-corrected chi connectivity index (χ1v) is 23.1. The number of ether oxygens (including phenoxy) is 1. The largest absolute Gasteiger partial charge is 0.416 e. The zero-order chi connectivity index (χ0) is 61.0. The SMILES string of the molecule is Cc1ccc(Oc2c3ccccc3cc[n+]2Cc2ccccc2)cc1.FC(F)(F)c1cc([B-](c2cc(C(F)(F)F)cc(C(F)(F)F)c2)(c2cc(C(F)(F)F)cc(C(F)(F)F)c2)c2cc(C(F)(F)F)cc(C(F)(F)F)c2)cc(C(F)(F)F)c1. The lowest BCUT2D eigenvalue weighted by Gasteiger charge is -2.46. The molecule has 0 unspecified atom stereocenters. The molecule has 0 aliphatic carbocycles. The van der Waals surface area contributed by atoms with Crippen LogP contribution < -0.4 is 31.2 Å². The molecular weight excluding hydrogens is 1160 g/mol. The van der Waals surface area contributed by atoms with Crippen LogP contribution >= 0.6 is 0 Å². The van der Waals surface area contributed by atoms with E-state index in [-0.39, 0.29) is 0 Å². The molecule has 0 aliphatic rings. The van der Waals surface area contributed by atoms with Gasteiger partial charge in [0.15, 0.2) is 12.7 Å². The monoisotopic (exact) mass is 1190 g/mol. The lowest BCUT2D eigenvalue weighted by atomic mass is 9.12. The maximum absolute atomic E-state index is 14.2. The van der Waals surface area contributed by atoms with Gasteiger partial charge in [0.2, 0.25) is 0 Å². The molecule has 0 saturated heterocycles. The van der Waals surface area contributed by atoms with Crippen molar-refractivity contribution in [3.8, 4) is 11.6 Å². The van der Waals surface area contributed by atoms with Crippen molar-refractivity contribution in [1.29, 1.82) is 0 Å². The molecule has 82 heavy (non-hydrogen) atoms. The van der Waals surface area contributed by atoms with Crippen molar-refractivity contribution in [2.45, 2.75) is 62.9 Å². The number of fused-ring (bicyclic) bond motifs is 1. The van der Waals surface area contributed by atoms with Crippen LogP contribution in [-0.2, 0) is 56.0 Å². The molecule has 8 rings (SSSR count). The number of nitrogens with zero attached hydrogens (tertiary/aromatic N) is 1. The standard InChI is InChI=1S/C32H12BF24.C23H20NO/c34-25(35,36)13-1-14(26(37,38)39)6-21(5-13)33(22-7-15(27(40,41)42)2-16(8-22)28(43,44)45,23-9-17(29(46,47)48)3-18(10-23)30(49,50)51)24-11-19(31(52,53)54)4-20(12-24)32(55,56)57;1-18-11-13-21(14-12-18)25-23-22-10-6-5-9-20(22)15-16-24(23)17-19-7-3-2-4-8-19/h1-12H;2-16H,17H2,1H3/q-1;+1. The summed E-state index contributed by atoms with van der Waals surface area (Å²) in [6.07, 6.45) is -52.7. The van der Waals surface area contributed by atoms with E-state index in [4.69, 9.17) is 4.74 Å². The number of rotatable bonds is 8. The van der Waals surface area contributed by atoms with Gasteiger partial charge in [0.25, 0.3) is 0 Å². The van der Waals surface area contributed by atoms with Crippen LogP contribution in [-0.4, -0.2) is 6.15 Å². The van der Waals surface area contributed by atoms with Gasteiger partial charge in [0.1, 0.15) is 11.9 Å². The Morgan fingerprint density at radius 3 is 0.939 bits per heavy atom. The van der Waals surface area contributed by atoms with Gasteiger partial charge in [-0.15, -0.1) is 0 Å². The van der Waals surface area contributed by atoms with Crippen LogP contribution in [0.4, 0.5) is 105 Å². The molecule has 0 N–H and O–H groups in total. The molecule has 0 fully saturated rings. The molecule has 0 amide bonds. The summed E-state index contributed by atoms with van der Waals surface area (Å²) in [5.74, 6) is 1.72. The third-order valence-corrected chi connectivity index (χ3v) is 12.8. The summed E-state index contributed by atoms with van der Waals surface area (Å²) in [7, 11) is 0. The zero-order valence-corrected chi connectivity index (χ0v) is 40.8. The summed E-state index contributed by atoms with van der Waals surface area (Å²) in [5, 5.41) is 2.29. The van der Waals surface area contributed by atoms with Crippen LogP contribution in [0.5, 0.6) is 11.6 Å². The number of aryl methyl sites for hydroxylation is 1. The highest BCUT2D eigenvalue weighted by Crippen LogP contribution is 2.42. The van der Waals surface area contributed by atoms with Gasteiger partial charge in [0.05, 0.1) is 49.9 Å². The summed E-state index contributed by atoms with van der Waals surface area (Å²) in [4.78, 5) is 0. The van der Waals surface area contributed by atoms with Gasteiger partial charge < -0.3 is 4.74 Å². The summed E-state index contributed by atoms with van der Waals surface area (Å²) < 4.78 is 349. The summed E-state index contributed by atoms with van der Waals surface area (Å²) >= 11 is 0. The highest BCUT2D eigenvalue weighted by molar-refractivity contribution is 7.20. The highest BCUT2D eigenvalue weighted by Gasteiger charge is 2.47. The van der Waals surface area contributed by atoms with Crippen molar-refractivity contribution >= 4 is 38.8 Å². The minimum Gasteiger partial charge on any atom is -0.405 e. The van der Waals surface area contributed by atoms with Crippen molar-refractivity contribution < 1.29 is 115 Å². The molecule has 0 saturated carbocycles. The molecule has 2 nitrogen and oxygen atoms in total. The smallest absolute Gasteiger partial charge is 0.405 e. The van der Waals surface area contributed by atoms with Crippen molar-refractivity contribution in [2.75, 3.05) is 0 Å². The van der Waals surface area contributed by atoms with Crippen molar-refractivity contribution in [3.05, 3.63) is 220 Å². The third kappa shape index (κ3) is 13.9. The van der Waals surface area contributed by atoms with Crippen LogP contribution in [0.15, 0.2) is 164 Å². The van der Waals surface area contributed by atoms with E-state index >= 15 is 0 Å². The molecule has 8 aromatic rings. The van der Waals surface area contributed by atoms with E-state index in [9.17, 15) is 105 Å². The first kappa shape index (κ1) is 61.7. The molecule has 27 heteroatoms. The van der Waals surface area contributed by atoms with Crippen LogP contribution in [0, 0.1) is 6.92 Å². The molecule has 434 valence electrons. The first-order chi connectivity index (χ1) is 37.6. The van der Waals surface area contributed by atoms with Crippen LogP contribution in [0.2, 0.25) is 0 Å². The maximum atomic E-state index is 14.2. The first-order valence-electron chi connectivity index (χ1n) is 23.1. The van der Waals surface area contributed by atoms with E-state index < -0.39 is 195 Å². The molecular formula is C55H32BF24NO. The van der Waals surface area contributed by atoms with Crippen molar-refractivity contribution in [3.63, 3.8) is 0 Å². The second-order valence-electron chi connectivity index (χ2n) is 18.5. The van der Waals surface area contributed by atoms with Gasteiger partial charge in [-0.05, 0) is 54.8 Å². The van der Waals surface area contributed by atoms with Crippen molar-refractivity contribution in [1.82, 2.24) is 0 Å². The molecule has 0 spiro atoms. The predicted octanol–water partition coefficient (Wildman–Crippen LogP) is 16.5. The van der Waals surface area contributed by atoms with Gasteiger partial charge in [-0.2, -0.15) is 132 Å². The number of benzene rings is 7. The fourth-order valence-electron chi connectivity index (χ4n) is 9.04. The third-order valence-electron chi connectivity index (χ3n) is 12.8. The van der Waals surface area contributed by atoms with E-state index in [1.54, 1.807) is 0 Å². The van der Waals surface area contributed by atoms with E-state index in [0.29, 0.717) is 0 Å². The number of hydrogen-bond donors (Lipinski definition) is 0. The van der Waals surface area contributed by atoms with Crippen molar-refractivity contribution in [2.24, 2.45) is 0 Å². The molecule has 0 radical (unpaired) electrons. The summed E-state index contributed by atoms with van der Waals surface area (Å²) in [6, 6.07) is 20.3. The number of hydrogen-bond acceptors (Lipinski definition) is 1. The lowest BCUT2D eigenvalue weighted by molar-refractivity contribution is -0.691. The Balaban J connectivity index is 0.000000318. The Hall–Kier alpha value is -7.87. The minimum atomic E-state index is -6.13. The van der Waals surface area contributed by atoms with E-state index in [1.807, 2.05) is 18.2 Å². The average Bonchev–Trinajstić information content (AvgIpc) is 3.53. The number of aromatic nitrogens is 1. The second kappa shape index (κ2) is 21.8. The Morgan fingerprint density at radius 2 is 0.634 bits per heavy atom. The highest BCUT2D eigenvalue weighted by atomic mass is 19.4. The van der Waals surface area contributed by atoms with Gasteiger partial charge in [-0.3, -0.25) is 0 Å². The summed E-state index contributed by atoms with van der Waals surface area (Å²) in [6.45, 7) is 2.85. The second-order valence-corrected chi connectivity index (χ2v) is 18.5. The molecule has 0 atom stereocenters.